The molecule has 0 aliphatic heterocycles. The van der Waals surface area contributed by atoms with Crippen LogP contribution in [0.15, 0.2) is 12.4 Å². The first-order valence-corrected chi connectivity index (χ1v) is 8.32. The Bertz CT molecular complexity index is 468. The molecule has 1 aliphatic rings. The van der Waals surface area contributed by atoms with E-state index in [4.69, 9.17) is 0 Å². The zero-order chi connectivity index (χ0) is 13.7. The van der Waals surface area contributed by atoms with Crippen molar-refractivity contribution in [1.29, 1.82) is 0 Å². The van der Waals surface area contributed by atoms with E-state index in [1.807, 2.05) is 0 Å². The summed E-state index contributed by atoms with van der Waals surface area (Å²) in [5, 5.41) is 2.85. The smallest absolute Gasteiger partial charge is 0.215 e. The molecule has 2 rings (SSSR count). The van der Waals surface area contributed by atoms with Gasteiger partial charge in [0.05, 0.1) is 5.25 Å². The van der Waals surface area contributed by atoms with Crippen molar-refractivity contribution in [1.82, 2.24) is 20.0 Å². The Balaban J connectivity index is 1.64. The quantitative estimate of drug-likeness (QED) is 0.574. The number of aromatic nitrogens is 2. The predicted molar refractivity (Wildman–Crippen MR) is 74.3 cm³/mol. The largest absolute Gasteiger partial charge is 0.349 e. The molecule has 0 bridgehead atoms. The maximum absolute atomic E-state index is 12.0. The van der Waals surface area contributed by atoms with Gasteiger partial charge in [0.25, 0.3) is 0 Å². The average molecular weight is 286 g/mol. The Kier molecular flexibility index (Phi) is 4.95. The first-order valence-electron chi connectivity index (χ1n) is 6.78. The molecule has 108 valence electrons. The number of H-pyrrole nitrogens is 1. The zero-order valence-corrected chi connectivity index (χ0v) is 12.0. The van der Waals surface area contributed by atoms with Crippen molar-refractivity contribution in [3.05, 3.63) is 18.2 Å². The molecule has 0 radical (unpaired) electrons. The molecule has 1 unspecified atom stereocenters. The summed E-state index contributed by atoms with van der Waals surface area (Å²) in [6.45, 7) is 2.72. The normalized spacial score (nSPS) is 17.5. The highest BCUT2D eigenvalue weighted by Gasteiger charge is 2.25. The second-order valence-electron chi connectivity index (χ2n) is 5.07. The van der Waals surface area contributed by atoms with Gasteiger partial charge in [-0.3, -0.25) is 0 Å². The van der Waals surface area contributed by atoms with Gasteiger partial charge in [0.15, 0.2) is 0 Å². The third kappa shape index (κ3) is 4.93. The number of hydrogen-bond acceptors (Lipinski definition) is 4. The van der Waals surface area contributed by atoms with E-state index in [2.05, 4.69) is 20.0 Å². The number of imidazole rings is 1. The van der Waals surface area contributed by atoms with Gasteiger partial charge in [-0.2, -0.15) is 0 Å². The van der Waals surface area contributed by atoms with Crippen molar-refractivity contribution in [2.24, 2.45) is 0 Å². The van der Waals surface area contributed by atoms with Crippen molar-refractivity contribution in [3.8, 4) is 0 Å². The first kappa shape index (κ1) is 14.5. The Morgan fingerprint density at radius 1 is 1.53 bits per heavy atom. The van der Waals surface area contributed by atoms with E-state index in [1.165, 1.54) is 12.8 Å². The Morgan fingerprint density at radius 2 is 2.32 bits per heavy atom. The van der Waals surface area contributed by atoms with Crippen molar-refractivity contribution in [2.75, 3.05) is 13.1 Å². The van der Waals surface area contributed by atoms with Gasteiger partial charge in [-0.15, -0.1) is 0 Å². The van der Waals surface area contributed by atoms with Gasteiger partial charge in [0.2, 0.25) is 10.0 Å². The van der Waals surface area contributed by atoms with Crippen LogP contribution in [-0.4, -0.2) is 42.8 Å². The summed E-state index contributed by atoms with van der Waals surface area (Å²) < 4.78 is 26.6. The lowest BCUT2D eigenvalue weighted by atomic mass is 10.3. The highest BCUT2D eigenvalue weighted by atomic mass is 32.2. The number of nitrogens with one attached hydrogen (secondary N) is 3. The number of nitrogens with zero attached hydrogens (tertiary/aromatic N) is 1. The highest BCUT2D eigenvalue weighted by Crippen LogP contribution is 2.18. The molecule has 1 aromatic rings. The third-order valence-electron chi connectivity index (χ3n) is 3.25. The monoisotopic (exact) mass is 286 g/mol. The lowest BCUT2D eigenvalue weighted by Gasteiger charge is -2.14. The second kappa shape index (κ2) is 6.49. The van der Waals surface area contributed by atoms with Crippen LogP contribution < -0.4 is 10.0 Å². The summed E-state index contributed by atoms with van der Waals surface area (Å²) in [6.07, 6.45) is 7.31. The molecular formula is C12H22N4O2S. The van der Waals surface area contributed by atoms with Crippen molar-refractivity contribution < 1.29 is 8.42 Å². The molecule has 0 saturated heterocycles. The van der Waals surface area contributed by atoms with Crippen LogP contribution in [0.2, 0.25) is 0 Å². The maximum atomic E-state index is 12.0. The molecule has 3 N–H and O–H groups in total. The number of aromatic amines is 1. The molecule has 7 heteroatoms. The molecule has 1 aromatic heterocycles. The fourth-order valence-corrected chi connectivity index (χ4v) is 2.81. The van der Waals surface area contributed by atoms with E-state index >= 15 is 0 Å². The molecule has 1 saturated carbocycles. The molecule has 1 fully saturated rings. The summed E-state index contributed by atoms with van der Waals surface area (Å²) in [4.78, 5) is 7.10. The van der Waals surface area contributed by atoms with Crippen LogP contribution >= 0.6 is 0 Å². The summed E-state index contributed by atoms with van der Waals surface area (Å²) in [5.41, 5.74) is 0. The zero-order valence-electron chi connectivity index (χ0n) is 11.2. The fraction of sp³-hybridized carbons (Fsp3) is 0.750. The number of sulfonamides is 1. The van der Waals surface area contributed by atoms with Crippen molar-refractivity contribution in [3.63, 3.8) is 0 Å². The maximum Gasteiger partial charge on any atom is 0.215 e. The highest BCUT2D eigenvalue weighted by molar-refractivity contribution is 7.90. The number of hydrogen-bond donors (Lipinski definition) is 3. The van der Waals surface area contributed by atoms with Crippen LogP contribution in [0.25, 0.3) is 0 Å². The summed E-state index contributed by atoms with van der Waals surface area (Å²) in [7, 11) is -3.21. The second-order valence-corrected chi connectivity index (χ2v) is 7.26. The molecule has 0 aromatic carbocycles. The molecule has 19 heavy (non-hydrogen) atoms. The van der Waals surface area contributed by atoms with E-state index < -0.39 is 15.3 Å². The van der Waals surface area contributed by atoms with Crippen LogP contribution in [0.3, 0.4) is 0 Å². The standard InChI is InChI=1S/C12H22N4O2S/c1-10(9-15-11-4-5-11)19(17,18)16-6-2-3-12-13-7-8-14-12/h7-8,10-11,15-16H,2-6,9H2,1H3,(H,13,14). The van der Waals surface area contributed by atoms with Gasteiger partial charge in [-0.05, 0) is 26.2 Å². The van der Waals surface area contributed by atoms with E-state index in [0.717, 1.165) is 18.7 Å². The molecular weight excluding hydrogens is 264 g/mol. The van der Waals surface area contributed by atoms with Crippen LogP contribution in [-0.2, 0) is 16.4 Å². The molecule has 1 heterocycles. The minimum Gasteiger partial charge on any atom is -0.349 e. The molecule has 1 aliphatic carbocycles. The van der Waals surface area contributed by atoms with Crippen molar-refractivity contribution in [2.45, 2.75) is 43.9 Å². The molecule has 1 atom stereocenters. The lowest BCUT2D eigenvalue weighted by molar-refractivity contribution is 0.554. The lowest BCUT2D eigenvalue weighted by Crippen LogP contribution is -2.40. The van der Waals surface area contributed by atoms with Crippen LogP contribution in [0.1, 0.15) is 32.0 Å². The van der Waals surface area contributed by atoms with Crippen molar-refractivity contribution >= 4 is 10.0 Å². The van der Waals surface area contributed by atoms with E-state index in [9.17, 15) is 8.42 Å². The topological polar surface area (TPSA) is 86.9 Å². The predicted octanol–water partition coefficient (Wildman–Crippen LogP) is 0.402. The summed E-state index contributed by atoms with van der Waals surface area (Å²) in [5.74, 6) is 0.891. The number of aryl methyl sites for hydroxylation is 1. The summed E-state index contributed by atoms with van der Waals surface area (Å²) >= 11 is 0. The van der Waals surface area contributed by atoms with Gasteiger partial charge in [-0.25, -0.2) is 18.1 Å². The molecule has 6 nitrogen and oxygen atoms in total. The summed E-state index contributed by atoms with van der Waals surface area (Å²) in [6, 6.07) is 0.539. The van der Waals surface area contributed by atoms with Gasteiger partial charge < -0.3 is 10.3 Å². The fourth-order valence-electron chi connectivity index (χ4n) is 1.78. The SMILES string of the molecule is CC(CNC1CC1)S(=O)(=O)NCCCc1ncc[nH]1. The van der Waals surface area contributed by atoms with E-state index in [0.29, 0.717) is 19.1 Å². The van der Waals surface area contributed by atoms with Gasteiger partial charge in [0, 0.05) is 37.9 Å². The number of rotatable bonds is 9. The Morgan fingerprint density at radius 3 is 2.95 bits per heavy atom. The minimum absolute atomic E-state index is 0.392. The van der Waals surface area contributed by atoms with Crippen LogP contribution in [0, 0.1) is 0 Å². The van der Waals surface area contributed by atoms with Gasteiger partial charge in [0.1, 0.15) is 5.82 Å². The third-order valence-corrected chi connectivity index (χ3v) is 5.08. The van der Waals surface area contributed by atoms with Gasteiger partial charge >= 0.3 is 0 Å². The average Bonchev–Trinajstić information content (AvgIpc) is 3.06. The minimum atomic E-state index is -3.21. The molecule has 0 spiro atoms. The van der Waals surface area contributed by atoms with Crippen LogP contribution in [0.4, 0.5) is 0 Å². The van der Waals surface area contributed by atoms with E-state index in [1.54, 1.807) is 19.3 Å². The Hall–Kier alpha value is -0.920. The van der Waals surface area contributed by atoms with E-state index in [-0.39, 0.29) is 0 Å². The van der Waals surface area contributed by atoms with Crippen LogP contribution in [0.5, 0.6) is 0 Å². The Labute approximate surface area is 114 Å². The van der Waals surface area contributed by atoms with Gasteiger partial charge in [-0.1, -0.05) is 0 Å². The molecule has 0 amide bonds. The first-order chi connectivity index (χ1) is 9.08.